The van der Waals surface area contributed by atoms with Crippen molar-refractivity contribution in [2.45, 2.75) is 44.3 Å². The van der Waals surface area contributed by atoms with Gasteiger partial charge in [0.15, 0.2) is 0 Å². The Balaban J connectivity index is 1.21. The minimum Gasteiger partial charge on any atom is -0.352 e. The zero-order chi connectivity index (χ0) is 21.6. The fraction of sp³-hybridized carbons (Fsp3) is 0.375. The van der Waals surface area contributed by atoms with Crippen molar-refractivity contribution in [2.24, 2.45) is 5.73 Å². The van der Waals surface area contributed by atoms with E-state index in [1.54, 1.807) is 6.20 Å². The molecular formula is C24H29N5O2. The molecule has 3 N–H and O–H groups in total. The number of carbonyl (C=O) groups excluding carboxylic acids is 2. The average Bonchev–Trinajstić information content (AvgIpc) is 3.22. The Morgan fingerprint density at radius 3 is 2.68 bits per heavy atom. The van der Waals surface area contributed by atoms with Crippen LogP contribution in [0.25, 0.3) is 10.9 Å². The molecular weight excluding hydrogens is 390 g/mol. The van der Waals surface area contributed by atoms with Crippen LogP contribution >= 0.6 is 0 Å². The van der Waals surface area contributed by atoms with Crippen LogP contribution < -0.4 is 11.1 Å². The Bertz CT molecular complexity index is 1020. The maximum Gasteiger partial charge on any atom is 0.237 e. The molecule has 1 aromatic carbocycles. The fourth-order valence-corrected chi connectivity index (χ4v) is 4.14. The quantitative estimate of drug-likeness (QED) is 0.613. The molecule has 1 saturated heterocycles. The zero-order valence-electron chi connectivity index (χ0n) is 17.6. The van der Waals surface area contributed by atoms with Gasteiger partial charge >= 0.3 is 0 Å². The van der Waals surface area contributed by atoms with Crippen molar-refractivity contribution in [3.05, 3.63) is 66.6 Å². The van der Waals surface area contributed by atoms with Gasteiger partial charge in [0, 0.05) is 49.9 Å². The molecule has 4 rings (SSSR count). The number of nitrogens with one attached hydrogen (secondary N) is 1. The van der Waals surface area contributed by atoms with E-state index in [0.717, 1.165) is 29.3 Å². The topological polar surface area (TPSA) is 93.3 Å². The van der Waals surface area contributed by atoms with Crippen molar-refractivity contribution in [1.82, 2.24) is 19.8 Å². The number of aromatic nitrogens is 2. The van der Waals surface area contributed by atoms with E-state index in [4.69, 9.17) is 5.73 Å². The first kappa shape index (κ1) is 21.1. The van der Waals surface area contributed by atoms with Gasteiger partial charge in [0.05, 0.1) is 17.8 Å². The third kappa shape index (κ3) is 5.30. The van der Waals surface area contributed by atoms with E-state index in [1.807, 2.05) is 59.8 Å². The Kier molecular flexibility index (Phi) is 6.62. The number of hydrogen-bond donors (Lipinski definition) is 2. The molecule has 0 saturated carbocycles. The lowest BCUT2D eigenvalue weighted by Crippen LogP contribution is -2.51. The van der Waals surface area contributed by atoms with Crippen molar-refractivity contribution >= 4 is 22.7 Å². The third-order valence-electron chi connectivity index (χ3n) is 5.97. The number of hydrogen-bond acceptors (Lipinski definition) is 4. The standard InChI is InChI=1S/C24H29N5O2/c25-21(16-18-4-2-1-3-5-18)24(31)27-20-8-13-29(14-9-20)23(30)10-15-28-12-7-19-6-11-26-17-22(19)28/h1-7,11-12,17,20-21H,8-10,13-16,25H2,(H,27,31). The summed E-state index contributed by atoms with van der Waals surface area (Å²) in [6, 6.07) is 13.3. The van der Waals surface area contributed by atoms with Gasteiger partial charge in [0.2, 0.25) is 11.8 Å². The molecule has 1 atom stereocenters. The van der Waals surface area contributed by atoms with Gasteiger partial charge in [0.25, 0.3) is 0 Å². The number of fused-ring (bicyclic) bond motifs is 1. The smallest absolute Gasteiger partial charge is 0.237 e. The Hall–Kier alpha value is -3.19. The molecule has 1 aliphatic heterocycles. The Morgan fingerprint density at radius 2 is 1.90 bits per heavy atom. The number of carbonyl (C=O) groups is 2. The van der Waals surface area contributed by atoms with Gasteiger partial charge in [-0.15, -0.1) is 0 Å². The van der Waals surface area contributed by atoms with Crippen molar-refractivity contribution in [1.29, 1.82) is 0 Å². The van der Waals surface area contributed by atoms with Gasteiger partial charge < -0.3 is 20.5 Å². The molecule has 0 radical (unpaired) electrons. The lowest BCUT2D eigenvalue weighted by atomic mass is 10.0. The van der Waals surface area contributed by atoms with Gasteiger partial charge in [-0.1, -0.05) is 30.3 Å². The maximum atomic E-state index is 12.7. The van der Waals surface area contributed by atoms with Crippen LogP contribution in [0.2, 0.25) is 0 Å². The van der Waals surface area contributed by atoms with Crippen LogP contribution in [0.3, 0.4) is 0 Å². The second-order valence-electron chi connectivity index (χ2n) is 8.15. The van der Waals surface area contributed by atoms with Gasteiger partial charge in [0.1, 0.15) is 0 Å². The van der Waals surface area contributed by atoms with E-state index in [2.05, 4.69) is 14.9 Å². The van der Waals surface area contributed by atoms with Crippen molar-refractivity contribution in [2.75, 3.05) is 13.1 Å². The predicted molar refractivity (Wildman–Crippen MR) is 120 cm³/mol. The lowest BCUT2D eigenvalue weighted by Gasteiger charge is -2.33. The molecule has 0 spiro atoms. The summed E-state index contributed by atoms with van der Waals surface area (Å²) in [5.74, 6) is 0.0259. The number of nitrogens with zero attached hydrogens (tertiary/aromatic N) is 3. The molecule has 7 nitrogen and oxygen atoms in total. The molecule has 0 aliphatic carbocycles. The molecule has 1 fully saturated rings. The largest absolute Gasteiger partial charge is 0.352 e. The molecule has 1 aliphatic rings. The lowest BCUT2D eigenvalue weighted by molar-refractivity contribution is -0.132. The number of nitrogens with two attached hydrogens (primary N) is 1. The number of aryl methyl sites for hydroxylation is 1. The van der Waals surface area contributed by atoms with Crippen molar-refractivity contribution in [3.8, 4) is 0 Å². The van der Waals surface area contributed by atoms with Crippen LogP contribution in [0.4, 0.5) is 0 Å². The van der Waals surface area contributed by atoms with E-state index in [-0.39, 0.29) is 17.9 Å². The highest BCUT2D eigenvalue weighted by Crippen LogP contribution is 2.16. The molecule has 0 bridgehead atoms. The highest BCUT2D eigenvalue weighted by molar-refractivity contribution is 5.82. The first-order chi connectivity index (χ1) is 15.1. The summed E-state index contributed by atoms with van der Waals surface area (Å²) in [4.78, 5) is 31.2. The normalized spacial score (nSPS) is 15.7. The summed E-state index contributed by atoms with van der Waals surface area (Å²) in [5.41, 5.74) is 8.18. The van der Waals surface area contributed by atoms with Gasteiger partial charge in [-0.3, -0.25) is 14.6 Å². The molecule has 31 heavy (non-hydrogen) atoms. The van der Waals surface area contributed by atoms with E-state index in [0.29, 0.717) is 32.5 Å². The monoisotopic (exact) mass is 419 g/mol. The molecule has 162 valence electrons. The van der Waals surface area contributed by atoms with Crippen LogP contribution in [0, 0.1) is 0 Å². The number of piperidine rings is 1. The van der Waals surface area contributed by atoms with Crippen molar-refractivity contribution < 1.29 is 9.59 Å². The minimum atomic E-state index is -0.562. The van der Waals surface area contributed by atoms with Crippen molar-refractivity contribution in [3.63, 3.8) is 0 Å². The number of pyridine rings is 1. The summed E-state index contributed by atoms with van der Waals surface area (Å²) < 4.78 is 2.07. The first-order valence-corrected chi connectivity index (χ1v) is 10.9. The second-order valence-corrected chi connectivity index (χ2v) is 8.15. The average molecular weight is 420 g/mol. The number of likely N-dealkylation sites (tertiary alicyclic amines) is 1. The second kappa shape index (κ2) is 9.75. The van der Waals surface area contributed by atoms with E-state index < -0.39 is 6.04 Å². The molecule has 3 aromatic rings. The SMILES string of the molecule is NC(Cc1ccccc1)C(=O)NC1CCN(C(=O)CCn2ccc3ccncc32)CC1. The molecule has 2 amide bonds. The predicted octanol–water partition coefficient (Wildman–Crippen LogP) is 2.10. The Labute approximate surface area is 182 Å². The number of rotatable bonds is 7. The molecule has 1 unspecified atom stereocenters. The van der Waals surface area contributed by atoms with E-state index in [1.165, 1.54) is 0 Å². The summed E-state index contributed by atoms with van der Waals surface area (Å²) in [6.45, 7) is 1.95. The fourth-order valence-electron chi connectivity index (χ4n) is 4.14. The molecule has 2 aromatic heterocycles. The number of benzene rings is 1. The van der Waals surface area contributed by atoms with Crippen LogP contribution in [0.15, 0.2) is 61.1 Å². The highest BCUT2D eigenvalue weighted by atomic mass is 16.2. The van der Waals surface area contributed by atoms with E-state index in [9.17, 15) is 9.59 Å². The Morgan fingerprint density at radius 1 is 1.13 bits per heavy atom. The number of amides is 2. The van der Waals surface area contributed by atoms with Crippen LogP contribution in [-0.4, -0.2) is 51.4 Å². The minimum absolute atomic E-state index is 0.0674. The van der Waals surface area contributed by atoms with Gasteiger partial charge in [-0.05, 0) is 37.0 Å². The summed E-state index contributed by atoms with van der Waals surface area (Å²) in [5, 5.41) is 4.19. The molecule has 7 heteroatoms. The molecule has 3 heterocycles. The summed E-state index contributed by atoms with van der Waals surface area (Å²) in [6.07, 6.45) is 8.09. The maximum absolute atomic E-state index is 12.7. The van der Waals surface area contributed by atoms with Crippen LogP contribution in [0.1, 0.15) is 24.8 Å². The van der Waals surface area contributed by atoms with Gasteiger partial charge in [-0.25, -0.2) is 0 Å². The zero-order valence-corrected chi connectivity index (χ0v) is 17.6. The van der Waals surface area contributed by atoms with Crippen LogP contribution in [-0.2, 0) is 22.6 Å². The first-order valence-electron chi connectivity index (χ1n) is 10.9. The van der Waals surface area contributed by atoms with E-state index >= 15 is 0 Å². The summed E-state index contributed by atoms with van der Waals surface area (Å²) in [7, 11) is 0. The summed E-state index contributed by atoms with van der Waals surface area (Å²) >= 11 is 0. The van der Waals surface area contributed by atoms with Crippen LogP contribution in [0.5, 0.6) is 0 Å². The van der Waals surface area contributed by atoms with Gasteiger partial charge in [-0.2, -0.15) is 0 Å². The highest BCUT2D eigenvalue weighted by Gasteiger charge is 2.25. The third-order valence-corrected chi connectivity index (χ3v) is 5.97.